The number of amides is 2. The number of anilines is 1. The molecule has 0 aliphatic carbocycles. The highest BCUT2D eigenvalue weighted by atomic mass is 16.5. The number of urea groups is 1. The van der Waals surface area contributed by atoms with Crippen LogP contribution in [-0.2, 0) is 0 Å². The molecule has 2 aromatic carbocycles. The molecule has 0 fully saturated rings. The van der Waals surface area contributed by atoms with Crippen LogP contribution >= 0.6 is 0 Å². The molecular weight excluding hydrogens is 326 g/mol. The third kappa shape index (κ3) is 4.51. The van der Waals surface area contributed by atoms with Crippen molar-refractivity contribution in [3.8, 4) is 5.75 Å². The van der Waals surface area contributed by atoms with Crippen LogP contribution in [0.1, 0.15) is 18.9 Å². The molecule has 2 amide bonds. The lowest BCUT2D eigenvalue weighted by Gasteiger charge is -2.19. The topological polar surface area (TPSA) is 63.2 Å². The van der Waals surface area contributed by atoms with Gasteiger partial charge >= 0.3 is 6.03 Å². The minimum absolute atomic E-state index is 0.0767. The molecule has 0 spiro atoms. The number of nitrogens with one attached hydrogen (secondary N) is 2. The molecular formula is C21H23N3O2. The van der Waals surface area contributed by atoms with Crippen molar-refractivity contribution in [2.45, 2.75) is 26.3 Å². The van der Waals surface area contributed by atoms with Crippen molar-refractivity contribution in [3.05, 3.63) is 66.5 Å². The number of carbonyl (C=O) groups excluding carboxylic acids is 1. The van der Waals surface area contributed by atoms with E-state index in [1.165, 1.54) is 0 Å². The van der Waals surface area contributed by atoms with Gasteiger partial charge in [-0.25, -0.2) is 4.79 Å². The molecule has 3 rings (SSSR count). The maximum absolute atomic E-state index is 12.4. The first-order valence-corrected chi connectivity index (χ1v) is 8.75. The van der Waals surface area contributed by atoms with Crippen LogP contribution in [0.15, 0.2) is 60.9 Å². The fourth-order valence-electron chi connectivity index (χ4n) is 2.74. The fourth-order valence-corrected chi connectivity index (χ4v) is 2.74. The number of hydrogen-bond donors (Lipinski definition) is 2. The Bertz CT molecular complexity index is 890. The van der Waals surface area contributed by atoms with Crippen LogP contribution in [0.3, 0.4) is 0 Å². The SMILES string of the molecule is CC[C@@H](COc1cccc(C)c1)NC(=O)Nc1cccc2cnccc12. The largest absolute Gasteiger partial charge is 0.491 e. The number of nitrogens with zero attached hydrogens (tertiary/aromatic N) is 1. The van der Waals surface area contributed by atoms with Gasteiger partial charge in [0.1, 0.15) is 12.4 Å². The molecule has 0 saturated heterocycles. The Hall–Kier alpha value is -3.08. The number of fused-ring (bicyclic) bond motifs is 1. The smallest absolute Gasteiger partial charge is 0.319 e. The number of hydrogen-bond acceptors (Lipinski definition) is 3. The highest BCUT2D eigenvalue weighted by molar-refractivity contribution is 6.01. The molecule has 5 heteroatoms. The van der Waals surface area contributed by atoms with Gasteiger partial charge in [0.2, 0.25) is 0 Å². The van der Waals surface area contributed by atoms with E-state index >= 15 is 0 Å². The summed E-state index contributed by atoms with van der Waals surface area (Å²) in [6.45, 7) is 4.47. The van der Waals surface area contributed by atoms with E-state index in [1.54, 1.807) is 12.4 Å². The summed E-state index contributed by atoms with van der Waals surface area (Å²) >= 11 is 0. The van der Waals surface area contributed by atoms with Crippen molar-refractivity contribution in [2.24, 2.45) is 0 Å². The molecule has 1 heterocycles. The molecule has 0 saturated carbocycles. The van der Waals surface area contributed by atoms with Crippen LogP contribution < -0.4 is 15.4 Å². The van der Waals surface area contributed by atoms with Crippen LogP contribution in [0, 0.1) is 6.92 Å². The molecule has 0 aliphatic heterocycles. The van der Waals surface area contributed by atoms with E-state index in [1.807, 2.05) is 62.4 Å². The van der Waals surface area contributed by atoms with Crippen LogP contribution in [0.25, 0.3) is 10.8 Å². The molecule has 1 atom stereocenters. The van der Waals surface area contributed by atoms with Crippen molar-refractivity contribution in [1.82, 2.24) is 10.3 Å². The lowest BCUT2D eigenvalue weighted by Crippen LogP contribution is -2.41. The summed E-state index contributed by atoms with van der Waals surface area (Å²) < 4.78 is 5.81. The first-order valence-electron chi connectivity index (χ1n) is 8.75. The van der Waals surface area contributed by atoms with E-state index in [9.17, 15) is 4.79 Å². The second kappa shape index (κ2) is 8.34. The number of aromatic nitrogens is 1. The van der Waals surface area contributed by atoms with Gasteiger partial charge in [-0.3, -0.25) is 4.98 Å². The second-order valence-electron chi connectivity index (χ2n) is 6.23. The summed E-state index contributed by atoms with van der Waals surface area (Å²) in [7, 11) is 0. The first kappa shape index (κ1) is 17.7. The molecule has 5 nitrogen and oxygen atoms in total. The molecule has 26 heavy (non-hydrogen) atoms. The lowest BCUT2D eigenvalue weighted by atomic mass is 10.1. The quantitative estimate of drug-likeness (QED) is 0.687. The maximum atomic E-state index is 12.4. The van der Waals surface area contributed by atoms with E-state index in [0.29, 0.717) is 6.61 Å². The first-order chi connectivity index (χ1) is 12.7. The number of rotatable bonds is 6. The number of aryl methyl sites for hydroxylation is 1. The van der Waals surface area contributed by atoms with Gasteiger partial charge in [0.15, 0.2) is 0 Å². The number of benzene rings is 2. The Balaban J connectivity index is 1.60. The third-order valence-corrected chi connectivity index (χ3v) is 4.20. The van der Waals surface area contributed by atoms with Gasteiger partial charge in [0.25, 0.3) is 0 Å². The lowest BCUT2D eigenvalue weighted by molar-refractivity contribution is 0.231. The molecule has 1 aromatic heterocycles. The third-order valence-electron chi connectivity index (χ3n) is 4.20. The Morgan fingerprint density at radius 2 is 2.04 bits per heavy atom. The second-order valence-corrected chi connectivity index (χ2v) is 6.23. The zero-order chi connectivity index (χ0) is 18.4. The average Bonchev–Trinajstić information content (AvgIpc) is 2.65. The normalized spacial score (nSPS) is 11.8. The van der Waals surface area contributed by atoms with Gasteiger partial charge < -0.3 is 15.4 Å². The Labute approximate surface area is 153 Å². The summed E-state index contributed by atoms with van der Waals surface area (Å²) in [5.41, 5.74) is 1.91. The predicted molar refractivity (Wildman–Crippen MR) is 105 cm³/mol. The minimum atomic E-state index is -0.242. The monoisotopic (exact) mass is 349 g/mol. The predicted octanol–water partition coefficient (Wildman–Crippen LogP) is 4.52. The summed E-state index contributed by atoms with van der Waals surface area (Å²) in [4.78, 5) is 16.5. The molecule has 134 valence electrons. The van der Waals surface area contributed by atoms with Gasteiger partial charge in [-0.1, -0.05) is 31.2 Å². The van der Waals surface area contributed by atoms with Crippen molar-refractivity contribution >= 4 is 22.5 Å². The molecule has 0 radical (unpaired) electrons. The van der Waals surface area contributed by atoms with Crippen molar-refractivity contribution in [3.63, 3.8) is 0 Å². The van der Waals surface area contributed by atoms with Gasteiger partial charge in [-0.05, 0) is 43.2 Å². The van der Waals surface area contributed by atoms with Gasteiger partial charge in [0.05, 0.1) is 11.7 Å². The van der Waals surface area contributed by atoms with Crippen molar-refractivity contribution in [2.75, 3.05) is 11.9 Å². The van der Waals surface area contributed by atoms with E-state index < -0.39 is 0 Å². The Kier molecular flexibility index (Phi) is 5.69. The molecule has 0 aliphatic rings. The van der Waals surface area contributed by atoms with E-state index in [4.69, 9.17) is 4.74 Å². The minimum Gasteiger partial charge on any atom is -0.491 e. The molecule has 0 unspecified atom stereocenters. The standard InChI is InChI=1S/C21H23N3O2/c1-3-17(14-26-18-8-4-6-15(2)12-18)23-21(25)24-20-9-5-7-16-13-22-11-10-19(16)20/h4-13,17H,3,14H2,1-2H3,(H2,23,24,25)/t17-/m0/s1. The van der Waals surface area contributed by atoms with Crippen LogP contribution in [0.4, 0.5) is 10.5 Å². The highest BCUT2D eigenvalue weighted by Crippen LogP contribution is 2.22. The highest BCUT2D eigenvalue weighted by Gasteiger charge is 2.12. The van der Waals surface area contributed by atoms with Gasteiger partial charge in [-0.2, -0.15) is 0 Å². The number of ether oxygens (including phenoxy) is 1. The van der Waals surface area contributed by atoms with Crippen LogP contribution in [0.2, 0.25) is 0 Å². The van der Waals surface area contributed by atoms with Crippen LogP contribution in [0.5, 0.6) is 5.75 Å². The molecule has 2 N–H and O–H groups in total. The van der Waals surface area contributed by atoms with E-state index in [-0.39, 0.29) is 12.1 Å². The molecule has 3 aromatic rings. The summed E-state index contributed by atoms with van der Waals surface area (Å²) in [6.07, 6.45) is 4.28. The number of pyridine rings is 1. The summed E-state index contributed by atoms with van der Waals surface area (Å²) in [6, 6.07) is 15.2. The van der Waals surface area contributed by atoms with Gasteiger partial charge in [-0.15, -0.1) is 0 Å². The van der Waals surface area contributed by atoms with Gasteiger partial charge in [0, 0.05) is 23.2 Å². The average molecular weight is 349 g/mol. The summed E-state index contributed by atoms with van der Waals surface area (Å²) in [5.74, 6) is 0.812. The van der Waals surface area contributed by atoms with Crippen LogP contribution in [-0.4, -0.2) is 23.7 Å². The zero-order valence-electron chi connectivity index (χ0n) is 15.0. The Morgan fingerprint density at radius 1 is 1.19 bits per heavy atom. The van der Waals surface area contributed by atoms with E-state index in [2.05, 4.69) is 15.6 Å². The fraction of sp³-hybridized carbons (Fsp3) is 0.238. The maximum Gasteiger partial charge on any atom is 0.319 e. The van der Waals surface area contributed by atoms with Crippen molar-refractivity contribution < 1.29 is 9.53 Å². The van der Waals surface area contributed by atoms with E-state index in [0.717, 1.165) is 34.2 Å². The summed E-state index contributed by atoms with van der Waals surface area (Å²) in [5, 5.41) is 7.84. The number of carbonyl (C=O) groups is 1. The van der Waals surface area contributed by atoms with Crippen molar-refractivity contribution in [1.29, 1.82) is 0 Å². The molecule has 0 bridgehead atoms. The zero-order valence-corrected chi connectivity index (χ0v) is 15.0. The Morgan fingerprint density at radius 3 is 2.85 bits per heavy atom.